The van der Waals surface area contributed by atoms with Crippen molar-refractivity contribution in [2.24, 2.45) is 0 Å². The molecule has 4 fully saturated rings. The number of cyclic esters (lactones) is 4. The van der Waals surface area contributed by atoms with Gasteiger partial charge in [-0.3, -0.25) is 19.2 Å². The first-order valence-corrected chi connectivity index (χ1v) is 21.5. The largest absolute Gasteiger partial charge is 0.463 e. The molecule has 0 bridgehead atoms. The topological polar surface area (TPSA) is 316 Å². The normalized spacial score (nSPS) is 19.7. The van der Waals surface area contributed by atoms with Crippen LogP contribution in [0.4, 0.5) is 0 Å². The molecule has 0 N–H and O–H groups in total. The van der Waals surface area contributed by atoms with Gasteiger partial charge in [0.05, 0.1) is 38.9 Å². The minimum Gasteiger partial charge on any atom is -0.463 e. The maximum atomic E-state index is 11.5. The molecule has 0 saturated carbocycles. The molecule has 4 aliphatic heterocycles. The van der Waals surface area contributed by atoms with E-state index in [4.69, 9.17) is 37.9 Å². The summed E-state index contributed by atoms with van der Waals surface area (Å²) in [4.78, 5) is 133. The molecule has 0 radical (unpaired) electrons. The van der Waals surface area contributed by atoms with Gasteiger partial charge in [0.25, 0.3) is 0 Å². The Morgan fingerprint density at radius 3 is 1.01 bits per heavy atom. The Labute approximate surface area is 403 Å². The molecule has 70 heavy (non-hydrogen) atoms. The van der Waals surface area contributed by atoms with E-state index in [9.17, 15) is 57.5 Å². The fraction of sp³-hybridized carbons (Fsp3) is 0.565. The van der Waals surface area contributed by atoms with Crippen LogP contribution in [0.1, 0.15) is 92.9 Å². The first-order valence-electron chi connectivity index (χ1n) is 21.5. The quantitative estimate of drug-likeness (QED) is 0.0958. The summed E-state index contributed by atoms with van der Waals surface area (Å²) < 4.78 is 57.5. The number of esters is 12. The van der Waals surface area contributed by atoms with E-state index >= 15 is 0 Å². The molecule has 0 aromatic heterocycles. The summed E-state index contributed by atoms with van der Waals surface area (Å²) in [6, 6.07) is 0. The number of carbonyl (C=O) groups excluding carboxylic acids is 12. The Bertz CT molecular complexity index is 1990. The molecular formula is C46H60O24. The van der Waals surface area contributed by atoms with Crippen LogP contribution >= 0.6 is 0 Å². The van der Waals surface area contributed by atoms with Gasteiger partial charge in [-0.2, -0.15) is 0 Å². The Kier molecular flexibility index (Phi) is 26.1. The molecule has 0 amide bonds. The van der Waals surface area contributed by atoms with Crippen LogP contribution in [0.2, 0.25) is 0 Å². The van der Waals surface area contributed by atoms with Crippen LogP contribution in [0.15, 0.2) is 49.6 Å². The van der Waals surface area contributed by atoms with Crippen molar-refractivity contribution in [3.8, 4) is 0 Å². The SMILES string of the molecule is C=C(C)C(=O)OCCC(=O)OC1CC(C)(C)OC1=O.C=C(C)C(=O)OCCC(=O)OC1CCOC1=O.C=CC(=O)OCCC(=O)OC1CC(C)(C)OC1=O.C=CC(=O)OCCC(=O)OC1CCOC1=O. The predicted octanol–water partition coefficient (Wildman–Crippen LogP) is 2.20. The highest BCUT2D eigenvalue weighted by Gasteiger charge is 2.43. The fourth-order valence-corrected chi connectivity index (χ4v) is 5.33. The van der Waals surface area contributed by atoms with Gasteiger partial charge in [0.1, 0.15) is 37.6 Å². The standard InChI is InChI=1S/C13H18O6.C12H16O6.C11H14O6.C10H12O6/c1-8(2)11(15)17-6-5-10(14)18-9-7-13(3,4)19-12(9)16;1-4-9(13)16-6-5-10(14)17-8-7-12(2,3)18-11(8)15;1-7(2)10(13)15-6-4-9(12)17-8-3-5-16-11(8)14;1-2-8(11)14-6-4-9(12)16-7-3-5-15-10(7)13/h9H,1,5-7H2,2-4H3;4,8H,1,5-7H2,2-3H3;8H,1,3-6H2,2H3;2,7H,1,3-6H2. The third-order valence-corrected chi connectivity index (χ3v) is 8.71. The molecule has 0 aromatic rings. The molecule has 4 unspecified atom stereocenters. The number of carbonyl (C=O) groups is 12. The summed E-state index contributed by atoms with van der Waals surface area (Å²) in [5.41, 5.74) is -0.710. The molecule has 24 heteroatoms. The molecule has 4 saturated heterocycles. The molecule has 388 valence electrons. The van der Waals surface area contributed by atoms with Crippen molar-refractivity contribution in [2.75, 3.05) is 39.6 Å². The first kappa shape index (κ1) is 60.6. The Morgan fingerprint density at radius 2 is 0.786 bits per heavy atom. The van der Waals surface area contributed by atoms with Gasteiger partial charge in [0.2, 0.25) is 24.4 Å². The maximum Gasteiger partial charge on any atom is 0.348 e. The van der Waals surface area contributed by atoms with Crippen molar-refractivity contribution in [1.29, 1.82) is 0 Å². The average molecular weight is 997 g/mol. The minimum absolute atomic E-state index is 0.0910. The fourth-order valence-electron chi connectivity index (χ4n) is 5.33. The van der Waals surface area contributed by atoms with E-state index < -0.39 is 107 Å². The van der Waals surface area contributed by atoms with Crippen molar-refractivity contribution in [1.82, 2.24) is 0 Å². The van der Waals surface area contributed by atoms with Crippen molar-refractivity contribution < 1.29 is 114 Å². The lowest BCUT2D eigenvalue weighted by atomic mass is 10.0. The molecule has 0 aromatic carbocycles. The monoisotopic (exact) mass is 996 g/mol. The zero-order valence-electron chi connectivity index (χ0n) is 40.0. The van der Waals surface area contributed by atoms with Gasteiger partial charge in [-0.15, -0.1) is 0 Å². The van der Waals surface area contributed by atoms with E-state index in [2.05, 4.69) is 45.3 Å². The summed E-state index contributed by atoms with van der Waals surface area (Å²) in [6.45, 7) is 23.4. The Morgan fingerprint density at radius 1 is 0.500 bits per heavy atom. The third kappa shape index (κ3) is 25.1. The highest BCUT2D eigenvalue weighted by molar-refractivity contribution is 5.88. The molecular weight excluding hydrogens is 936 g/mol. The van der Waals surface area contributed by atoms with E-state index in [0.29, 0.717) is 25.7 Å². The maximum absolute atomic E-state index is 11.5. The minimum atomic E-state index is -0.876. The van der Waals surface area contributed by atoms with E-state index in [-0.39, 0.29) is 76.5 Å². The van der Waals surface area contributed by atoms with Gasteiger partial charge in [-0.1, -0.05) is 26.3 Å². The summed E-state index contributed by atoms with van der Waals surface area (Å²) in [6.07, 6.45) is -0.398. The smallest absolute Gasteiger partial charge is 0.348 e. The lowest BCUT2D eigenvalue weighted by molar-refractivity contribution is -0.163. The van der Waals surface area contributed by atoms with E-state index in [1.165, 1.54) is 13.8 Å². The van der Waals surface area contributed by atoms with E-state index in [0.717, 1.165) is 12.2 Å². The summed E-state index contributed by atoms with van der Waals surface area (Å²) in [7, 11) is 0. The zero-order chi connectivity index (χ0) is 53.2. The van der Waals surface area contributed by atoms with E-state index in [1.54, 1.807) is 27.7 Å². The number of hydrogen-bond donors (Lipinski definition) is 0. The second-order valence-electron chi connectivity index (χ2n) is 16.2. The molecule has 24 nitrogen and oxygen atoms in total. The van der Waals surface area contributed by atoms with Crippen LogP contribution in [0.5, 0.6) is 0 Å². The summed E-state index contributed by atoms with van der Waals surface area (Å²) >= 11 is 0. The van der Waals surface area contributed by atoms with Crippen LogP contribution in [-0.4, -0.2) is 147 Å². The second-order valence-corrected chi connectivity index (χ2v) is 16.2. The molecule has 4 aliphatic rings. The van der Waals surface area contributed by atoms with Gasteiger partial charge in [-0.05, 0) is 41.5 Å². The van der Waals surface area contributed by atoms with E-state index in [1.807, 2.05) is 0 Å². The van der Waals surface area contributed by atoms with Crippen molar-refractivity contribution >= 4 is 71.6 Å². The molecule has 0 aliphatic carbocycles. The summed E-state index contributed by atoms with van der Waals surface area (Å²) in [5.74, 6) is -6.88. The van der Waals surface area contributed by atoms with Gasteiger partial charge < -0.3 is 56.8 Å². The average Bonchev–Trinajstić information content (AvgIpc) is 4.01. The number of rotatable bonds is 20. The van der Waals surface area contributed by atoms with Crippen LogP contribution in [0, 0.1) is 0 Å². The molecule has 4 rings (SSSR count). The van der Waals surface area contributed by atoms with Crippen LogP contribution in [-0.2, 0) is 114 Å². The number of ether oxygens (including phenoxy) is 12. The van der Waals surface area contributed by atoms with Gasteiger partial charge in [0.15, 0.2) is 0 Å². The highest BCUT2D eigenvalue weighted by atomic mass is 16.6. The first-order chi connectivity index (χ1) is 32.7. The molecule has 0 spiro atoms. The Balaban J connectivity index is 0.000000468. The predicted molar refractivity (Wildman–Crippen MR) is 233 cm³/mol. The van der Waals surface area contributed by atoms with Crippen molar-refractivity contribution in [3.05, 3.63) is 49.6 Å². The van der Waals surface area contributed by atoms with Crippen molar-refractivity contribution in [2.45, 2.75) is 129 Å². The lowest BCUT2D eigenvalue weighted by Crippen LogP contribution is -2.24. The van der Waals surface area contributed by atoms with Gasteiger partial charge >= 0.3 is 71.6 Å². The third-order valence-electron chi connectivity index (χ3n) is 8.71. The summed E-state index contributed by atoms with van der Waals surface area (Å²) in [5, 5.41) is 0. The zero-order valence-corrected chi connectivity index (χ0v) is 40.0. The Hall–Kier alpha value is -7.40. The van der Waals surface area contributed by atoms with Crippen LogP contribution in [0.3, 0.4) is 0 Å². The molecule has 4 atom stereocenters. The van der Waals surface area contributed by atoms with Gasteiger partial charge in [-0.25, -0.2) is 38.4 Å². The number of hydrogen-bond acceptors (Lipinski definition) is 24. The molecule has 4 heterocycles. The van der Waals surface area contributed by atoms with Crippen LogP contribution in [0.25, 0.3) is 0 Å². The second kappa shape index (κ2) is 30.2. The lowest BCUT2D eigenvalue weighted by Gasteiger charge is -2.14. The van der Waals surface area contributed by atoms with Crippen LogP contribution < -0.4 is 0 Å². The van der Waals surface area contributed by atoms with Crippen molar-refractivity contribution in [3.63, 3.8) is 0 Å². The highest BCUT2D eigenvalue weighted by Crippen LogP contribution is 2.29. The van der Waals surface area contributed by atoms with Gasteiger partial charge in [0, 0.05) is 49.0 Å².